The van der Waals surface area contributed by atoms with Crippen LogP contribution in [0.2, 0.25) is 0 Å². The van der Waals surface area contributed by atoms with Crippen LogP contribution in [0, 0.1) is 0 Å². The number of nitrogens with one attached hydrogen (secondary N) is 1. The molecule has 0 unspecified atom stereocenters. The molecule has 0 spiro atoms. The molecule has 0 aromatic heterocycles. The SMILES string of the molecule is OC[C@H](O)COCCOc1ccc2ccc(CO[C@H]3CNCC[C@H]3c3ccc(OCCCOCc4ccccc4)cc3)cc2c1. The van der Waals surface area contributed by atoms with Crippen LogP contribution in [0.25, 0.3) is 10.8 Å². The van der Waals surface area contributed by atoms with Crippen molar-refractivity contribution in [1.29, 1.82) is 0 Å². The van der Waals surface area contributed by atoms with E-state index in [2.05, 4.69) is 59.9 Å². The van der Waals surface area contributed by atoms with Crippen LogP contribution in [0.4, 0.5) is 0 Å². The highest BCUT2D eigenvalue weighted by Gasteiger charge is 2.27. The number of rotatable bonds is 18. The van der Waals surface area contributed by atoms with Gasteiger partial charge in [-0.2, -0.15) is 0 Å². The molecule has 45 heavy (non-hydrogen) atoms. The third-order valence-corrected chi connectivity index (χ3v) is 7.91. The second kappa shape index (κ2) is 17.8. The van der Waals surface area contributed by atoms with Gasteiger partial charge in [-0.3, -0.25) is 0 Å². The van der Waals surface area contributed by atoms with Gasteiger partial charge in [-0.15, -0.1) is 0 Å². The van der Waals surface area contributed by atoms with Gasteiger partial charge in [-0.1, -0.05) is 60.7 Å². The van der Waals surface area contributed by atoms with E-state index in [9.17, 15) is 5.11 Å². The Bertz CT molecular complexity index is 1420. The van der Waals surface area contributed by atoms with E-state index in [0.29, 0.717) is 45.6 Å². The van der Waals surface area contributed by atoms with Gasteiger partial charge in [-0.25, -0.2) is 0 Å². The molecule has 1 heterocycles. The average molecular weight is 616 g/mol. The van der Waals surface area contributed by atoms with Crippen molar-refractivity contribution in [3.8, 4) is 11.5 Å². The fourth-order valence-corrected chi connectivity index (χ4v) is 5.46. The summed E-state index contributed by atoms with van der Waals surface area (Å²) in [4.78, 5) is 0. The number of ether oxygens (including phenoxy) is 5. The predicted molar refractivity (Wildman–Crippen MR) is 175 cm³/mol. The number of aliphatic hydroxyl groups excluding tert-OH is 2. The molecule has 8 heteroatoms. The lowest BCUT2D eigenvalue weighted by Crippen LogP contribution is -2.40. The number of hydrogen-bond donors (Lipinski definition) is 3. The van der Waals surface area contributed by atoms with Crippen LogP contribution < -0.4 is 14.8 Å². The zero-order valence-corrected chi connectivity index (χ0v) is 25.8. The van der Waals surface area contributed by atoms with E-state index in [1.54, 1.807) is 0 Å². The molecule has 8 nitrogen and oxygen atoms in total. The zero-order valence-electron chi connectivity index (χ0n) is 25.8. The molecule has 1 aliphatic heterocycles. The maximum Gasteiger partial charge on any atom is 0.120 e. The summed E-state index contributed by atoms with van der Waals surface area (Å²) in [5, 5.41) is 23.9. The smallest absolute Gasteiger partial charge is 0.120 e. The van der Waals surface area contributed by atoms with Crippen molar-refractivity contribution in [2.24, 2.45) is 0 Å². The van der Waals surface area contributed by atoms with E-state index in [0.717, 1.165) is 53.8 Å². The Morgan fingerprint density at radius 2 is 1.53 bits per heavy atom. The van der Waals surface area contributed by atoms with Crippen LogP contribution in [0.15, 0.2) is 91.0 Å². The Morgan fingerprint density at radius 1 is 0.733 bits per heavy atom. The molecule has 3 atom stereocenters. The minimum atomic E-state index is -0.863. The summed E-state index contributed by atoms with van der Waals surface area (Å²) >= 11 is 0. The van der Waals surface area contributed by atoms with Gasteiger partial charge >= 0.3 is 0 Å². The summed E-state index contributed by atoms with van der Waals surface area (Å²) in [6.07, 6.45) is 1.07. The minimum Gasteiger partial charge on any atom is -0.494 e. The first-order valence-corrected chi connectivity index (χ1v) is 15.9. The molecule has 1 aliphatic rings. The predicted octanol–water partition coefficient (Wildman–Crippen LogP) is 5.24. The fourth-order valence-electron chi connectivity index (χ4n) is 5.46. The second-order valence-electron chi connectivity index (χ2n) is 11.4. The summed E-state index contributed by atoms with van der Waals surface area (Å²) < 4.78 is 29.4. The number of fused-ring (bicyclic) bond motifs is 1. The normalized spacial score (nSPS) is 17.3. The first-order valence-electron chi connectivity index (χ1n) is 15.9. The van der Waals surface area contributed by atoms with Gasteiger partial charge in [0.25, 0.3) is 0 Å². The molecule has 0 bridgehead atoms. The molecule has 0 radical (unpaired) electrons. The van der Waals surface area contributed by atoms with Gasteiger partial charge in [-0.05, 0) is 70.8 Å². The van der Waals surface area contributed by atoms with E-state index < -0.39 is 6.10 Å². The molecule has 1 saturated heterocycles. The van der Waals surface area contributed by atoms with E-state index >= 15 is 0 Å². The number of piperidine rings is 1. The lowest BCUT2D eigenvalue weighted by atomic mass is 9.87. The number of hydrogen-bond acceptors (Lipinski definition) is 8. The Hall–Kier alpha value is -3.50. The van der Waals surface area contributed by atoms with Gasteiger partial charge < -0.3 is 39.2 Å². The Morgan fingerprint density at radius 3 is 2.38 bits per heavy atom. The molecule has 240 valence electrons. The second-order valence-corrected chi connectivity index (χ2v) is 11.4. The standard InChI is InChI=1S/C37H45NO7/c39-24-33(40)27-42-19-20-44-35-14-9-30-8-7-29(21-32(30)22-35)26-45-37-23-38-16-15-36(37)31-10-12-34(13-11-31)43-18-4-17-41-25-28-5-2-1-3-6-28/h1-3,5-14,21-22,33,36-40H,4,15-20,23-27H2/t33-,36-,37-/m0/s1. The third-order valence-electron chi connectivity index (χ3n) is 7.91. The van der Waals surface area contributed by atoms with Crippen molar-refractivity contribution in [3.63, 3.8) is 0 Å². The van der Waals surface area contributed by atoms with Crippen LogP contribution in [-0.4, -0.2) is 75.2 Å². The Balaban J connectivity index is 1.07. The monoisotopic (exact) mass is 615 g/mol. The summed E-state index contributed by atoms with van der Waals surface area (Å²) in [5.41, 5.74) is 3.57. The quantitative estimate of drug-likeness (QED) is 0.131. The first-order chi connectivity index (χ1) is 22.2. The topological polar surface area (TPSA) is 98.6 Å². The fraction of sp³-hybridized carbons (Fsp3) is 0.405. The molecular weight excluding hydrogens is 570 g/mol. The van der Waals surface area contributed by atoms with Gasteiger partial charge in [0.15, 0.2) is 0 Å². The van der Waals surface area contributed by atoms with Crippen LogP contribution in [0.3, 0.4) is 0 Å². The van der Waals surface area contributed by atoms with E-state index in [1.165, 1.54) is 11.1 Å². The van der Waals surface area contributed by atoms with Crippen LogP contribution in [-0.2, 0) is 27.4 Å². The number of benzene rings is 4. The van der Waals surface area contributed by atoms with Gasteiger partial charge in [0.2, 0.25) is 0 Å². The van der Waals surface area contributed by atoms with E-state index in [4.69, 9.17) is 28.8 Å². The molecule has 1 fully saturated rings. The van der Waals surface area contributed by atoms with Crippen LogP contribution in [0.5, 0.6) is 11.5 Å². The Kier molecular flexibility index (Phi) is 13.0. The maximum atomic E-state index is 9.36. The largest absolute Gasteiger partial charge is 0.494 e. The van der Waals surface area contributed by atoms with Gasteiger partial charge in [0, 0.05) is 18.9 Å². The zero-order chi connectivity index (χ0) is 31.1. The van der Waals surface area contributed by atoms with Crippen molar-refractivity contribution in [2.75, 3.05) is 52.7 Å². The van der Waals surface area contributed by atoms with Crippen molar-refractivity contribution in [1.82, 2.24) is 5.32 Å². The summed E-state index contributed by atoms with van der Waals surface area (Å²) in [5.74, 6) is 1.95. The van der Waals surface area contributed by atoms with E-state index in [1.807, 2.05) is 36.4 Å². The highest BCUT2D eigenvalue weighted by molar-refractivity contribution is 5.84. The lowest BCUT2D eigenvalue weighted by Gasteiger charge is -2.32. The Labute approximate surface area is 265 Å². The molecule has 0 amide bonds. The molecule has 0 saturated carbocycles. The molecular formula is C37H45NO7. The summed E-state index contributed by atoms with van der Waals surface area (Å²) in [7, 11) is 0. The maximum absolute atomic E-state index is 9.36. The molecule has 3 N–H and O–H groups in total. The van der Waals surface area contributed by atoms with Crippen molar-refractivity contribution < 1.29 is 33.9 Å². The van der Waals surface area contributed by atoms with Crippen molar-refractivity contribution in [3.05, 3.63) is 108 Å². The minimum absolute atomic E-state index is 0.0713. The summed E-state index contributed by atoms with van der Waals surface area (Å²) in [6.45, 7) is 4.70. The first kappa shape index (κ1) is 32.9. The van der Waals surface area contributed by atoms with Crippen molar-refractivity contribution in [2.45, 2.75) is 44.2 Å². The lowest BCUT2D eigenvalue weighted by molar-refractivity contribution is -0.00137. The molecule has 4 aromatic rings. The highest BCUT2D eigenvalue weighted by atomic mass is 16.5. The summed E-state index contributed by atoms with van der Waals surface area (Å²) in [6, 6.07) is 31.1. The average Bonchev–Trinajstić information content (AvgIpc) is 3.09. The van der Waals surface area contributed by atoms with Gasteiger partial charge in [0.1, 0.15) is 24.2 Å². The molecule has 0 aliphatic carbocycles. The van der Waals surface area contributed by atoms with E-state index in [-0.39, 0.29) is 19.3 Å². The highest BCUT2D eigenvalue weighted by Crippen LogP contribution is 2.30. The molecule has 5 rings (SSSR count). The number of aliphatic hydroxyl groups is 2. The molecule has 4 aromatic carbocycles. The third kappa shape index (κ3) is 10.5. The van der Waals surface area contributed by atoms with Gasteiger partial charge in [0.05, 0.1) is 52.4 Å². The van der Waals surface area contributed by atoms with Crippen LogP contribution >= 0.6 is 0 Å². The van der Waals surface area contributed by atoms with Crippen molar-refractivity contribution >= 4 is 10.8 Å². The van der Waals surface area contributed by atoms with Crippen LogP contribution in [0.1, 0.15) is 35.4 Å².